The standard InChI is InChI=1S/C27H26N2O6S/c1-18(2)34-22-13-20(14-23(15-22)35-21-9-12-26(28-16-21)36(3,31)32)24-10-11-25(29-24)27(30)33-17-19-7-5-4-6-8-19/h4-16,18,29H,17H2,1-3H3. The number of pyridine rings is 1. The lowest BCUT2D eigenvalue weighted by Gasteiger charge is -2.14. The Balaban J connectivity index is 1.55. The molecule has 0 saturated carbocycles. The highest BCUT2D eigenvalue weighted by molar-refractivity contribution is 7.90. The molecule has 0 aliphatic carbocycles. The van der Waals surface area contributed by atoms with Crippen LogP contribution >= 0.6 is 0 Å². The second-order valence-electron chi connectivity index (χ2n) is 8.41. The van der Waals surface area contributed by atoms with Gasteiger partial charge in [0.25, 0.3) is 0 Å². The van der Waals surface area contributed by atoms with Gasteiger partial charge in [0.05, 0.1) is 12.3 Å². The summed E-state index contributed by atoms with van der Waals surface area (Å²) in [5.41, 5.74) is 2.62. The normalized spacial score (nSPS) is 11.3. The van der Waals surface area contributed by atoms with Crippen LogP contribution in [0.3, 0.4) is 0 Å². The first kappa shape index (κ1) is 25.0. The molecule has 0 saturated heterocycles. The summed E-state index contributed by atoms with van der Waals surface area (Å²) in [6, 6.07) is 21.2. The summed E-state index contributed by atoms with van der Waals surface area (Å²) < 4.78 is 40.5. The lowest BCUT2D eigenvalue weighted by molar-refractivity contribution is 0.0466. The van der Waals surface area contributed by atoms with Gasteiger partial charge >= 0.3 is 5.97 Å². The van der Waals surface area contributed by atoms with Crippen molar-refractivity contribution in [2.45, 2.75) is 31.6 Å². The third-order valence-corrected chi connectivity index (χ3v) is 6.01. The van der Waals surface area contributed by atoms with Crippen LogP contribution in [-0.4, -0.2) is 36.7 Å². The highest BCUT2D eigenvalue weighted by Crippen LogP contribution is 2.33. The number of aromatic nitrogens is 2. The van der Waals surface area contributed by atoms with Crippen molar-refractivity contribution in [1.29, 1.82) is 0 Å². The molecule has 36 heavy (non-hydrogen) atoms. The van der Waals surface area contributed by atoms with Crippen LogP contribution in [0.5, 0.6) is 17.2 Å². The summed E-state index contributed by atoms with van der Waals surface area (Å²) in [6.07, 6.45) is 2.37. The lowest BCUT2D eigenvalue weighted by Crippen LogP contribution is -2.06. The monoisotopic (exact) mass is 506 g/mol. The average molecular weight is 507 g/mol. The van der Waals surface area contributed by atoms with Gasteiger partial charge in [-0.3, -0.25) is 0 Å². The summed E-state index contributed by atoms with van der Waals surface area (Å²) in [5, 5.41) is -0.0366. The van der Waals surface area contributed by atoms with E-state index in [2.05, 4.69) is 9.97 Å². The van der Waals surface area contributed by atoms with E-state index in [4.69, 9.17) is 14.2 Å². The lowest BCUT2D eigenvalue weighted by atomic mass is 10.1. The van der Waals surface area contributed by atoms with Crippen LogP contribution in [0.15, 0.2) is 84.0 Å². The first-order chi connectivity index (χ1) is 17.2. The van der Waals surface area contributed by atoms with Crippen molar-refractivity contribution in [2.24, 2.45) is 0 Å². The molecule has 4 aromatic rings. The maximum absolute atomic E-state index is 12.5. The maximum atomic E-state index is 12.5. The Hall–Kier alpha value is -4.11. The predicted octanol–water partition coefficient (Wildman–Crippen LogP) is 5.42. The van der Waals surface area contributed by atoms with E-state index >= 15 is 0 Å². The molecule has 0 amide bonds. The van der Waals surface area contributed by atoms with E-state index < -0.39 is 15.8 Å². The number of ether oxygens (including phenoxy) is 3. The van der Waals surface area contributed by atoms with Crippen LogP contribution in [0.4, 0.5) is 0 Å². The Morgan fingerprint density at radius 2 is 1.69 bits per heavy atom. The highest BCUT2D eigenvalue weighted by Gasteiger charge is 2.14. The number of rotatable bonds is 9. The van der Waals surface area contributed by atoms with Crippen molar-refractivity contribution in [3.05, 3.63) is 90.3 Å². The molecule has 2 aromatic carbocycles. The van der Waals surface area contributed by atoms with E-state index in [1.165, 1.54) is 18.3 Å². The molecule has 9 heteroatoms. The number of nitrogens with one attached hydrogen (secondary N) is 1. The Morgan fingerprint density at radius 1 is 0.944 bits per heavy atom. The molecule has 186 valence electrons. The maximum Gasteiger partial charge on any atom is 0.355 e. The van der Waals surface area contributed by atoms with Crippen molar-refractivity contribution in [1.82, 2.24) is 9.97 Å². The molecule has 0 atom stereocenters. The fourth-order valence-electron chi connectivity index (χ4n) is 3.39. The number of hydrogen-bond acceptors (Lipinski definition) is 7. The number of carbonyl (C=O) groups is 1. The fourth-order valence-corrected chi connectivity index (χ4v) is 3.95. The van der Waals surface area contributed by atoms with Gasteiger partial charge in [0.1, 0.15) is 29.5 Å². The highest BCUT2D eigenvalue weighted by atomic mass is 32.2. The van der Waals surface area contributed by atoms with Gasteiger partial charge in [-0.1, -0.05) is 30.3 Å². The Kier molecular flexibility index (Phi) is 7.40. The Morgan fingerprint density at radius 3 is 2.36 bits per heavy atom. The van der Waals surface area contributed by atoms with Gasteiger partial charge in [-0.05, 0) is 55.8 Å². The van der Waals surface area contributed by atoms with E-state index in [9.17, 15) is 13.2 Å². The third-order valence-electron chi connectivity index (χ3n) is 5.01. The van der Waals surface area contributed by atoms with Gasteiger partial charge in [0, 0.05) is 23.6 Å². The van der Waals surface area contributed by atoms with Crippen molar-refractivity contribution in [3.8, 4) is 28.5 Å². The number of hydrogen-bond donors (Lipinski definition) is 1. The summed E-state index contributed by atoms with van der Waals surface area (Å²) in [7, 11) is -3.41. The molecule has 0 radical (unpaired) electrons. The van der Waals surface area contributed by atoms with Gasteiger partial charge in [-0.2, -0.15) is 0 Å². The van der Waals surface area contributed by atoms with Crippen molar-refractivity contribution >= 4 is 15.8 Å². The largest absolute Gasteiger partial charge is 0.491 e. The van der Waals surface area contributed by atoms with Gasteiger partial charge in [0.2, 0.25) is 0 Å². The third kappa shape index (κ3) is 6.51. The second-order valence-corrected chi connectivity index (χ2v) is 10.4. The topological polar surface area (TPSA) is 108 Å². The number of sulfone groups is 1. The number of aromatic amines is 1. The molecule has 8 nitrogen and oxygen atoms in total. The summed E-state index contributed by atoms with van der Waals surface area (Å²) in [5.74, 6) is 0.931. The second kappa shape index (κ2) is 10.7. The molecular formula is C27H26N2O6S. The zero-order chi connectivity index (χ0) is 25.7. The predicted molar refractivity (Wildman–Crippen MR) is 135 cm³/mol. The zero-order valence-corrected chi connectivity index (χ0v) is 20.9. The minimum Gasteiger partial charge on any atom is -0.491 e. The van der Waals surface area contributed by atoms with E-state index in [1.54, 1.807) is 24.3 Å². The van der Waals surface area contributed by atoms with E-state index in [0.717, 1.165) is 17.4 Å². The smallest absolute Gasteiger partial charge is 0.355 e. The first-order valence-corrected chi connectivity index (χ1v) is 13.1. The fraction of sp³-hybridized carbons (Fsp3) is 0.185. The van der Waals surface area contributed by atoms with E-state index in [-0.39, 0.29) is 17.7 Å². The molecule has 0 spiro atoms. The molecular weight excluding hydrogens is 480 g/mol. The molecule has 0 aliphatic rings. The van der Waals surface area contributed by atoms with Crippen LogP contribution in [0.2, 0.25) is 0 Å². The molecule has 4 rings (SSSR count). The van der Waals surface area contributed by atoms with Crippen molar-refractivity contribution < 1.29 is 27.4 Å². The minimum atomic E-state index is -3.41. The van der Waals surface area contributed by atoms with Gasteiger partial charge in [-0.15, -0.1) is 0 Å². The van der Waals surface area contributed by atoms with Crippen LogP contribution in [-0.2, 0) is 21.2 Å². The molecule has 0 aliphatic heterocycles. The van der Waals surface area contributed by atoms with Gasteiger partial charge in [0.15, 0.2) is 14.9 Å². The number of esters is 1. The SMILES string of the molecule is CC(C)Oc1cc(Oc2ccc(S(C)(=O)=O)nc2)cc(-c2ccc(C(=O)OCc3ccccc3)[nH]2)c1. The molecule has 0 fully saturated rings. The minimum absolute atomic E-state index is 0.0366. The number of carbonyl (C=O) groups excluding carboxylic acids is 1. The number of H-pyrrole nitrogens is 1. The quantitative estimate of drug-likeness (QED) is 0.302. The number of nitrogens with zero attached hydrogens (tertiary/aromatic N) is 1. The Labute approximate surface area is 209 Å². The molecule has 0 unspecified atom stereocenters. The molecule has 1 N–H and O–H groups in total. The van der Waals surface area contributed by atoms with Crippen molar-refractivity contribution in [3.63, 3.8) is 0 Å². The summed E-state index contributed by atoms with van der Waals surface area (Å²) in [6.45, 7) is 4.00. The summed E-state index contributed by atoms with van der Waals surface area (Å²) >= 11 is 0. The van der Waals surface area contributed by atoms with Crippen molar-refractivity contribution in [2.75, 3.05) is 6.26 Å². The van der Waals surface area contributed by atoms with E-state index in [1.807, 2.05) is 50.2 Å². The zero-order valence-electron chi connectivity index (χ0n) is 20.1. The van der Waals surface area contributed by atoms with Crippen LogP contribution in [0.1, 0.15) is 29.9 Å². The molecule has 2 aromatic heterocycles. The van der Waals surface area contributed by atoms with Crippen LogP contribution in [0, 0.1) is 0 Å². The van der Waals surface area contributed by atoms with E-state index in [0.29, 0.717) is 28.6 Å². The van der Waals surface area contributed by atoms with Crippen LogP contribution in [0.25, 0.3) is 11.3 Å². The van der Waals surface area contributed by atoms with Gasteiger partial charge in [-0.25, -0.2) is 18.2 Å². The summed E-state index contributed by atoms with van der Waals surface area (Å²) in [4.78, 5) is 19.6. The first-order valence-electron chi connectivity index (χ1n) is 11.2. The molecule has 2 heterocycles. The average Bonchev–Trinajstić information content (AvgIpc) is 3.33. The van der Waals surface area contributed by atoms with Crippen LogP contribution < -0.4 is 9.47 Å². The number of benzene rings is 2. The van der Waals surface area contributed by atoms with Gasteiger partial charge < -0.3 is 19.2 Å². The molecule has 0 bridgehead atoms. The Bertz CT molecular complexity index is 1450.